The van der Waals surface area contributed by atoms with E-state index in [-0.39, 0.29) is 6.04 Å². The van der Waals surface area contributed by atoms with Crippen LogP contribution in [0.2, 0.25) is 0 Å². The summed E-state index contributed by atoms with van der Waals surface area (Å²) in [6, 6.07) is 15.0. The van der Waals surface area contributed by atoms with Gasteiger partial charge in [0.15, 0.2) is 0 Å². The number of hydrazone groups is 1. The third kappa shape index (κ3) is 6.33. The van der Waals surface area contributed by atoms with Crippen LogP contribution >= 0.6 is 15.9 Å². The molecule has 0 atom stereocenters. The van der Waals surface area contributed by atoms with Gasteiger partial charge < -0.3 is 10.1 Å². The maximum Gasteiger partial charge on any atom is 0.329 e. The first kappa shape index (κ1) is 19.7. The van der Waals surface area contributed by atoms with E-state index in [1.807, 2.05) is 42.5 Å². The lowest BCUT2D eigenvalue weighted by molar-refractivity contribution is -0.139. The number of nitrogens with one attached hydrogen (secondary N) is 2. The van der Waals surface area contributed by atoms with Crippen LogP contribution in [-0.2, 0) is 16.2 Å². The van der Waals surface area contributed by atoms with Gasteiger partial charge in [0.1, 0.15) is 12.4 Å². The van der Waals surface area contributed by atoms with Crippen LogP contribution in [-0.4, -0.2) is 24.1 Å². The summed E-state index contributed by atoms with van der Waals surface area (Å²) in [5, 5.41) is 6.32. The Bertz CT molecular complexity index is 789. The molecule has 0 saturated carbocycles. The maximum atomic E-state index is 11.6. The third-order valence-electron chi connectivity index (χ3n) is 3.22. The highest BCUT2D eigenvalue weighted by Gasteiger charge is 2.13. The predicted molar refractivity (Wildman–Crippen MR) is 104 cm³/mol. The zero-order valence-corrected chi connectivity index (χ0v) is 16.1. The second kappa shape index (κ2) is 9.72. The first-order valence-electron chi connectivity index (χ1n) is 8.06. The van der Waals surface area contributed by atoms with Crippen LogP contribution in [0.25, 0.3) is 0 Å². The molecule has 0 unspecified atom stereocenters. The van der Waals surface area contributed by atoms with Crippen molar-refractivity contribution in [3.05, 3.63) is 64.1 Å². The number of rotatable bonds is 6. The molecule has 0 aromatic heterocycles. The van der Waals surface area contributed by atoms with Crippen molar-refractivity contribution in [1.29, 1.82) is 0 Å². The van der Waals surface area contributed by atoms with E-state index in [1.54, 1.807) is 19.9 Å². The average Bonchev–Trinajstić information content (AvgIpc) is 2.61. The van der Waals surface area contributed by atoms with Crippen molar-refractivity contribution in [2.75, 3.05) is 0 Å². The van der Waals surface area contributed by atoms with E-state index in [2.05, 4.69) is 31.8 Å². The first-order valence-corrected chi connectivity index (χ1v) is 8.85. The SMILES string of the molecule is CC(C)NC(=O)C(=O)N/N=C\c1ccccc1OCc1ccc(Br)cc1. The highest BCUT2D eigenvalue weighted by molar-refractivity contribution is 9.10. The van der Waals surface area contributed by atoms with Crippen molar-refractivity contribution < 1.29 is 14.3 Å². The average molecular weight is 418 g/mol. The number of carbonyl (C=O) groups excluding carboxylic acids is 2. The molecule has 0 aliphatic rings. The fourth-order valence-corrected chi connectivity index (χ4v) is 2.26. The van der Waals surface area contributed by atoms with Crippen LogP contribution in [0, 0.1) is 0 Å². The Labute approximate surface area is 160 Å². The lowest BCUT2D eigenvalue weighted by Gasteiger charge is -2.09. The summed E-state index contributed by atoms with van der Waals surface area (Å²) in [5.74, 6) is -0.916. The van der Waals surface area contributed by atoms with E-state index >= 15 is 0 Å². The van der Waals surface area contributed by atoms with Gasteiger partial charge in [-0.05, 0) is 43.7 Å². The van der Waals surface area contributed by atoms with Crippen LogP contribution in [0.15, 0.2) is 58.1 Å². The number of carbonyl (C=O) groups is 2. The summed E-state index contributed by atoms with van der Waals surface area (Å²) in [6.07, 6.45) is 1.44. The molecule has 0 bridgehead atoms. The van der Waals surface area contributed by atoms with Gasteiger partial charge >= 0.3 is 11.8 Å². The molecule has 0 saturated heterocycles. The van der Waals surface area contributed by atoms with Gasteiger partial charge in [-0.1, -0.05) is 40.2 Å². The van der Waals surface area contributed by atoms with Crippen LogP contribution in [0.4, 0.5) is 0 Å². The molecule has 2 N–H and O–H groups in total. The topological polar surface area (TPSA) is 79.8 Å². The minimum Gasteiger partial charge on any atom is -0.488 e. The first-order chi connectivity index (χ1) is 12.5. The molecule has 0 spiro atoms. The summed E-state index contributed by atoms with van der Waals surface area (Å²) < 4.78 is 6.83. The van der Waals surface area contributed by atoms with Gasteiger partial charge in [-0.2, -0.15) is 5.10 Å². The number of halogens is 1. The second-order valence-corrected chi connectivity index (χ2v) is 6.70. The number of nitrogens with zero attached hydrogens (tertiary/aromatic N) is 1. The number of amides is 2. The molecular weight excluding hydrogens is 398 g/mol. The Morgan fingerprint density at radius 3 is 2.50 bits per heavy atom. The fraction of sp³-hybridized carbons (Fsp3) is 0.211. The molecule has 2 rings (SSSR count). The number of ether oxygens (including phenoxy) is 1. The normalized spacial score (nSPS) is 10.8. The number of hydrogen-bond donors (Lipinski definition) is 2. The Kier molecular flexibility index (Phi) is 7.35. The van der Waals surface area contributed by atoms with Crippen molar-refractivity contribution in [3.63, 3.8) is 0 Å². The molecule has 2 aromatic carbocycles. The van der Waals surface area contributed by atoms with Gasteiger partial charge in [0.05, 0.1) is 6.21 Å². The molecule has 136 valence electrons. The Hall–Kier alpha value is -2.67. The van der Waals surface area contributed by atoms with Crippen molar-refractivity contribution in [2.24, 2.45) is 5.10 Å². The van der Waals surface area contributed by atoms with E-state index in [1.165, 1.54) is 6.21 Å². The van der Waals surface area contributed by atoms with Crippen molar-refractivity contribution in [1.82, 2.24) is 10.7 Å². The maximum absolute atomic E-state index is 11.6. The van der Waals surface area contributed by atoms with Gasteiger partial charge in [-0.3, -0.25) is 9.59 Å². The quantitative estimate of drug-likeness (QED) is 0.430. The van der Waals surface area contributed by atoms with E-state index < -0.39 is 11.8 Å². The molecular formula is C19H20BrN3O3. The second-order valence-electron chi connectivity index (χ2n) is 5.78. The van der Waals surface area contributed by atoms with Gasteiger partial charge in [-0.25, -0.2) is 5.43 Å². The van der Waals surface area contributed by atoms with E-state index in [0.717, 1.165) is 10.0 Å². The number of benzene rings is 2. The molecule has 0 heterocycles. The highest BCUT2D eigenvalue weighted by atomic mass is 79.9. The molecule has 7 heteroatoms. The molecule has 2 aromatic rings. The lowest BCUT2D eigenvalue weighted by Crippen LogP contribution is -2.41. The monoisotopic (exact) mass is 417 g/mol. The van der Waals surface area contributed by atoms with Crippen LogP contribution in [0.5, 0.6) is 5.75 Å². The molecule has 0 aliphatic carbocycles. The minimum absolute atomic E-state index is 0.120. The summed E-state index contributed by atoms with van der Waals surface area (Å²) in [6.45, 7) is 3.95. The van der Waals surface area contributed by atoms with Crippen LogP contribution in [0.3, 0.4) is 0 Å². The molecule has 2 amide bonds. The Morgan fingerprint density at radius 2 is 1.81 bits per heavy atom. The summed E-state index contributed by atoms with van der Waals surface area (Å²) in [5.41, 5.74) is 3.92. The summed E-state index contributed by atoms with van der Waals surface area (Å²) in [7, 11) is 0. The summed E-state index contributed by atoms with van der Waals surface area (Å²) >= 11 is 3.40. The Morgan fingerprint density at radius 1 is 1.12 bits per heavy atom. The fourth-order valence-electron chi connectivity index (χ4n) is 2.00. The van der Waals surface area contributed by atoms with Gasteiger partial charge in [-0.15, -0.1) is 0 Å². The van der Waals surface area contributed by atoms with E-state index in [0.29, 0.717) is 17.9 Å². The third-order valence-corrected chi connectivity index (χ3v) is 3.75. The van der Waals surface area contributed by atoms with E-state index in [9.17, 15) is 9.59 Å². The molecule has 0 radical (unpaired) electrons. The Balaban J connectivity index is 1.96. The largest absolute Gasteiger partial charge is 0.488 e. The van der Waals surface area contributed by atoms with Crippen LogP contribution in [0.1, 0.15) is 25.0 Å². The molecule has 0 aliphatic heterocycles. The highest BCUT2D eigenvalue weighted by Crippen LogP contribution is 2.18. The lowest BCUT2D eigenvalue weighted by atomic mass is 10.2. The smallest absolute Gasteiger partial charge is 0.329 e. The molecule has 26 heavy (non-hydrogen) atoms. The zero-order valence-electron chi connectivity index (χ0n) is 14.5. The molecule has 6 nitrogen and oxygen atoms in total. The van der Waals surface area contributed by atoms with Gasteiger partial charge in [0.2, 0.25) is 0 Å². The minimum atomic E-state index is -0.816. The van der Waals surface area contributed by atoms with Gasteiger partial charge in [0, 0.05) is 16.1 Å². The summed E-state index contributed by atoms with van der Waals surface area (Å²) in [4.78, 5) is 23.1. The van der Waals surface area contributed by atoms with E-state index in [4.69, 9.17) is 4.74 Å². The molecule has 0 fully saturated rings. The van der Waals surface area contributed by atoms with Crippen LogP contribution < -0.4 is 15.5 Å². The van der Waals surface area contributed by atoms with Crippen molar-refractivity contribution >= 4 is 34.0 Å². The van der Waals surface area contributed by atoms with Crippen molar-refractivity contribution in [3.8, 4) is 5.75 Å². The standard InChI is InChI=1S/C19H20BrN3O3/c1-13(2)22-18(24)19(25)23-21-11-15-5-3-4-6-17(15)26-12-14-7-9-16(20)10-8-14/h3-11,13H,12H2,1-2H3,(H,22,24)(H,23,25)/b21-11-. The number of para-hydroxylation sites is 1. The number of hydrogen-bond acceptors (Lipinski definition) is 4. The predicted octanol–water partition coefficient (Wildman–Crippen LogP) is 3.00. The van der Waals surface area contributed by atoms with Crippen molar-refractivity contribution in [2.45, 2.75) is 26.5 Å². The van der Waals surface area contributed by atoms with Gasteiger partial charge in [0.25, 0.3) is 0 Å². The zero-order chi connectivity index (χ0) is 18.9.